The van der Waals surface area contributed by atoms with Crippen molar-refractivity contribution in [2.75, 3.05) is 12.4 Å². The van der Waals surface area contributed by atoms with Gasteiger partial charge in [0.05, 0.1) is 7.11 Å². The van der Waals surface area contributed by atoms with Gasteiger partial charge in [0.1, 0.15) is 6.04 Å². The first-order valence-electron chi connectivity index (χ1n) is 5.48. The summed E-state index contributed by atoms with van der Waals surface area (Å²) in [4.78, 5) is 27.5. The van der Waals surface area contributed by atoms with Crippen molar-refractivity contribution in [3.8, 4) is 0 Å². The summed E-state index contributed by atoms with van der Waals surface area (Å²) >= 11 is 1.29. The molecule has 1 rings (SSSR count). The molecule has 0 aliphatic rings. The lowest BCUT2D eigenvalue weighted by atomic mass is 10.0. The van der Waals surface area contributed by atoms with Crippen molar-refractivity contribution in [3.63, 3.8) is 0 Å². The smallest absolute Gasteiger partial charge is 0.357 e. The molecule has 0 aliphatic carbocycles. The number of nitrogens with one attached hydrogen (secondary N) is 1. The van der Waals surface area contributed by atoms with E-state index in [4.69, 9.17) is 5.73 Å². The van der Waals surface area contributed by atoms with Crippen LogP contribution < -0.4 is 11.1 Å². The van der Waals surface area contributed by atoms with Crippen LogP contribution in [0.2, 0.25) is 0 Å². The summed E-state index contributed by atoms with van der Waals surface area (Å²) in [5, 5.41) is 3.43. The lowest BCUT2D eigenvalue weighted by molar-refractivity contribution is -0.119. The van der Waals surface area contributed by atoms with E-state index in [-0.39, 0.29) is 11.6 Å². The van der Waals surface area contributed by atoms with E-state index < -0.39 is 17.9 Å². The van der Waals surface area contributed by atoms with E-state index in [1.54, 1.807) is 6.92 Å². The minimum atomic E-state index is -0.513. The maximum Gasteiger partial charge on any atom is 0.357 e. The molecule has 100 valence electrons. The summed E-state index contributed by atoms with van der Waals surface area (Å²) in [7, 11) is 1.30. The van der Waals surface area contributed by atoms with Crippen LogP contribution in [0, 0.1) is 12.8 Å². The third kappa shape index (κ3) is 3.19. The average molecular weight is 271 g/mol. The number of carbonyl (C=O) groups is 2. The quantitative estimate of drug-likeness (QED) is 0.784. The number of ether oxygens (including phenoxy) is 1. The van der Waals surface area contributed by atoms with Crippen LogP contribution in [-0.2, 0) is 9.53 Å². The van der Waals surface area contributed by atoms with Gasteiger partial charge in [-0.25, -0.2) is 9.78 Å². The van der Waals surface area contributed by atoms with Gasteiger partial charge in [-0.3, -0.25) is 4.79 Å². The summed E-state index contributed by atoms with van der Waals surface area (Å²) in [6, 6.07) is -0.513. The van der Waals surface area contributed by atoms with Gasteiger partial charge in [-0.15, -0.1) is 11.3 Å². The zero-order chi connectivity index (χ0) is 13.9. The highest BCUT2D eigenvalue weighted by atomic mass is 32.1. The molecule has 0 saturated carbocycles. The number of nitrogens with zero attached hydrogens (tertiary/aromatic N) is 1. The number of rotatable bonds is 5. The van der Waals surface area contributed by atoms with Gasteiger partial charge in [-0.1, -0.05) is 13.8 Å². The van der Waals surface area contributed by atoms with Gasteiger partial charge in [0.15, 0.2) is 10.8 Å². The van der Waals surface area contributed by atoms with Crippen LogP contribution in [0.4, 0.5) is 5.13 Å². The average Bonchev–Trinajstić information content (AvgIpc) is 2.65. The Hall–Kier alpha value is -1.63. The first-order chi connectivity index (χ1) is 8.36. The van der Waals surface area contributed by atoms with Gasteiger partial charge in [0.25, 0.3) is 0 Å². The number of carbonyl (C=O) groups excluding carboxylic acids is 2. The standard InChI is InChI=1S/C11H17N3O3S/c1-5(2)7(9(12)15)13-11-14-8(6(3)18-11)10(16)17-4/h5,7H,1-4H3,(H2,12,15)(H,13,14). The second-order valence-electron chi connectivity index (χ2n) is 4.18. The number of anilines is 1. The molecule has 0 aliphatic heterocycles. The maximum absolute atomic E-state index is 11.4. The van der Waals surface area contributed by atoms with Gasteiger partial charge < -0.3 is 15.8 Å². The molecule has 0 saturated heterocycles. The van der Waals surface area contributed by atoms with Crippen molar-refractivity contribution in [1.29, 1.82) is 0 Å². The molecule has 1 aromatic rings. The van der Waals surface area contributed by atoms with Crippen molar-refractivity contribution < 1.29 is 14.3 Å². The lowest BCUT2D eigenvalue weighted by Crippen LogP contribution is -2.39. The number of primary amides is 1. The highest BCUT2D eigenvalue weighted by Gasteiger charge is 2.22. The Morgan fingerprint density at radius 1 is 1.44 bits per heavy atom. The number of hydrogen-bond acceptors (Lipinski definition) is 6. The predicted octanol–water partition coefficient (Wildman–Crippen LogP) is 1.16. The van der Waals surface area contributed by atoms with Crippen LogP contribution in [-0.4, -0.2) is 30.0 Å². The number of aryl methyl sites for hydroxylation is 1. The molecule has 7 heteroatoms. The molecule has 0 radical (unpaired) electrons. The van der Waals surface area contributed by atoms with Crippen LogP contribution in [0.3, 0.4) is 0 Å². The maximum atomic E-state index is 11.4. The summed E-state index contributed by atoms with van der Waals surface area (Å²) in [5.74, 6) is -0.900. The molecule has 1 heterocycles. The van der Waals surface area contributed by atoms with Crippen LogP contribution >= 0.6 is 11.3 Å². The van der Waals surface area contributed by atoms with Crippen LogP contribution in [0.25, 0.3) is 0 Å². The molecule has 0 aromatic carbocycles. The SMILES string of the molecule is COC(=O)c1nc(NC(C(N)=O)C(C)C)sc1C. The Balaban J connectivity index is 2.92. The molecule has 0 fully saturated rings. The number of nitrogens with two attached hydrogens (primary N) is 1. The summed E-state index contributed by atoms with van der Waals surface area (Å²) in [6.45, 7) is 5.53. The fourth-order valence-corrected chi connectivity index (χ4v) is 2.28. The number of esters is 1. The highest BCUT2D eigenvalue weighted by Crippen LogP contribution is 2.24. The van der Waals surface area contributed by atoms with Crippen molar-refractivity contribution >= 4 is 28.3 Å². The number of aromatic nitrogens is 1. The Bertz CT molecular complexity index is 456. The molecule has 1 aromatic heterocycles. The van der Waals surface area contributed by atoms with Gasteiger partial charge in [0.2, 0.25) is 5.91 Å². The van der Waals surface area contributed by atoms with E-state index in [1.165, 1.54) is 18.4 Å². The fourth-order valence-electron chi connectivity index (χ4n) is 1.44. The largest absolute Gasteiger partial charge is 0.464 e. The normalized spacial score (nSPS) is 12.3. The number of hydrogen-bond donors (Lipinski definition) is 2. The number of methoxy groups -OCH3 is 1. The molecule has 1 unspecified atom stereocenters. The van der Waals surface area contributed by atoms with Crippen molar-refractivity contribution in [3.05, 3.63) is 10.6 Å². The first-order valence-corrected chi connectivity index (χ1v) is 6.30. The molecule has 18 heavy (non-hydrogen) atoms. The molecule has 1 amide bonds. The lowest BCUT2D eigenvalue weighted by Gasteiger charge is -2.17. The topological polar surface area (TPSA) is 94.3 Å². The number of thiazole rings is 1. The zero-order valence-electron chi connectivity index (χ0n) is 10.8. The fraction of sp³-hybridized carbons (Fsp3) is 0.545. The van der Waals surface area contributed by atoms with Crippen molar-refractivity contribution in [1.82, 2.24) is 4.98 Å². The van der Waals surface area contributed by atoms with E-state index in [0.29, 0.717) is 5.13 Å². The number of amides is 1. The zero-order valence-corrected chi connectivity index (χ0v) is 11.6. The van der Waals surface area contributed by atoms with E-state index in [1.807, 2.05) is 13.8 Å². The Kier molecular flexibility index (Phi) is 4.66. The minimum absolute atomic E-state index is 0.0354. The predicted molar refractivity (Wildman–Crippen MR) is 69.6 cm³/mol. The van der Waals surface area contributed by atoms with Crippen molar-refractivity contribution in [2.45, 2.75) is 26.8 Å². The monoisotopic (exact) mass is 271 g/mol. The summed E-state index contributed by atoms with van der Waals surface area (Å²) in [6.07, 6.45) is 0. The van der Waals surface area contributed by atoms with E-state index in [9.17, 15) is 9.59 Å². The summed E-state index contributed by atoms with van der Waals surface area (Å²) < 4.78 is 4.62. The Morgan fingerprint density at radius 3 is 2.50 bits per heavy atom. The molecular weight excluding hydrogens is 254 g/mol. The molecule has 0 spiro atoms. The van der Waals surface area contributed by atoms with Crippen LogP contribution in [0.15, 0.2) is 0 Å². The van der Waals surface area contributed by atoms with Crippen LogP contribution in [0.5, 0.6) is 0 Å². The molecular formula is C11H17N3O3S. The van der Waals surface area contributed by atoms with E-state index in [2.05, 4.69) is 15.0 Å². The Morgan fingerprint density at radius 2 is 2.06 bits per heavy atom. The highest BCUT2D eigenvalue weighted by molar-refractivity contribution is 7.15. The Labute approximate surface area is 110 Å². The van der Waals surface area contributed by atoms with Gasteiger partial charge in [-0.05, 0) is 12.8 Å². The summed E-state index contributed by atoms with van der Waals surface area (Å²) in [5.41, 5.74) is 5.56. The van der Waals surface area contributed by atoms with Crippen LogP contribution in [0.1, 0.15) is 29.2 Å². The molecule has 1 atom stereocenters. The third-order valence-corrected chi connectivity index (χ3v) is 3.33. The minimum Gasteiger partial charge on any atom is -0.464 e. The van der Waals surface area contributed by atoms with Gasteiger partial charge in [-0.2, -0.15) is 0 Å². The van der Waals surface area contributed by atoms with Gasteiger partial charge >= 0.3 is 5.97 Å². The first kappa shape index (κ1) is 14.4. The molecule has 6 nitrogen and oxygen atoms in total. The van der Waals surface area contributed by atoms with Gasteiger partial charge in [0, 0.05) is 4.88 Å². The second-order valence-corrected chi connectivity index (χ2v) is 5.39. The third-order valence-electron chi connectivity index (χ3n) is 2.43. The van der Waals surface area contributed by atoms with E-state index >= 15 is 0 Å². The van der Waals surface area contributed by atoms with E-state index in [0.717, 1.165) is 4.88 Å². The molecule has 3 N–H and O–H groups in total. The molecule has 0 bridgehead atoms. The second kappa shape index (κ2) is 5.81. The van der Waals surface area contributed by atoms with Crippen molar-refractivity contribution in [2.24, 2.45) is 11.7 Å².